The second-order valence-corrected chi connectivity index (χ2v) is 4.60. The molecule has 17 heavy (non-hydrogen) atoms. The Morgan fingerprint density at radius 1 is 1.18 bits per heavy atom. The van der Waals surface area contributed by atoms with Crippen LogP contribution < -0.4 is 5.32 Å². The van der Waals surface area contributed by atoms with Crippen LogP contribution in [0.3, 0.4) is 0 Å². The third-order valence-electron chi connectivity index (χ3n) is 2.43. The Labute approximate surface area is 109 Å². The lowest BCUT2D eigenvalue weighted by Crippen LogP contribution is -2.26. The van der Waals surface area contributed by atoms with Gasteiger partial charge in [-0.05, 0) is 36.4 Å². The van der Waals surface area contributed by atoms with Gasteiger partial charge in [-0.1, -0.05) is 15.9 Å². The van der Waals surface area contributed by atoms with Crippen molar-refractivity contribution in [3.05, 3.63) is 58.8 Å². The van der Waals surface area contributed by atoms with Gasteiger partial charge in [-0.25, -0.2) is 0 Å². The van der Waals surface area contributed by atoms with Crippen LogP contribution >= 0.6 is 15.9 Å². The second kappa shape index (κ2) is 5.68. The number of aromatic nitrogens is 1. The summed E-state index contributed by atoms with van der Waals surface area (Å²) in [6, 6.07) is 11.3. The molecule has 0 saturated heterocycles. The van der Waals surface area contributed by atoms with E-state index in [1.54, 1.807) is 12.1 Å². The average Bonchev–Trinajstić information content (AvgIpc) is 2.83. The van der Waals surface area contributed by atoms with Crippen molar-refractivity contribution in [1.82, 2.24) is 9.88 Å². The lowest BCUT2D eigenvalue weighted by atomic mass is 10.2. The van der Waals surface area contributed by atoms with E-state index in [1.807, 2.05) is 41.2 Å². The van der Waals surface area contributed by atoms with Crippen LogP contribution in [0.25, 0.3) is 0 Å². The third-order valence-corrected chi connectivity index (χ3v) is 2.96. The first-order chi connectivity index (χ1) is 8.25. The molecule has 0 radical (unpaired) electrons. The third kappa shape index (κ3) is 3.46. The Hall–Kier alpha value is -1.55. The van der Waals surface area contributed by atoms with Crippen molar-refractivity contribution in [2.75, 3.05) is 6.54 Å². The van der Waals surface area contributed by atoms with E-state index in [0.29, 0.717) is 12.1 Å². The van der Waals surface area contributed by atoms with Gasteiger partial charge < -0.3 is 9.88 Å². The standard InChI is InChI=1S/C13H13BrN2O/c14-12-5-3-11(4-6-12)13(17)15-7-10-16-8-1-2-9-16/h1-6,8-9H,7,10H2,(H,15,17). The number of benzene rings is 1. The Kier molecular flexibility index (Phi) is 3.98. The molecule has 0 aliphatic rings. The number of halogens is 1. The highest BCUT2D eigenvalue weighted by Gasteiger charge is 2.03. The fourth-order valence-corrected chi connectivity index (χ4v) is 1.79. The van der Waals surface area contributed by atoms with Gasteiger partial charge in [-0.15, -0.1) is 0 Å². The first-order valence-electron chi connectivity index (χ1n) is 5.40. The lowest BCUT2D eigenvalue weighted by Gasteiger charge is -2.06. The van der Waals surface area contributed by atoms with E-state index in [-0.39, 0.29) is 5.91 Å². The zero-order valence-electron chi connectivity index (χ0n) is 9.27. The Bertz CT molecular complexity index is 477. The molecule has 2 aromatic rings. The minimum atomic E-state index is -0.0374. The molecule has 1 N–H and O–H groups in total. The molecule has 0 aliphatic heterocycles. The summed E-state index contributed by atoms with van der Waals surface area (Å²) in [5, 5.41) is 2.88. The van der Waals surface area contributed by atoms with Crippen LogP contribution in [-0.2, 0) is 6.54 Å². The molecule has 4 heteroatoms. The Balaban J connectivity index is 1.83. The SMILES string of the molecule is O=C(NCCn1cccc1)c1ccc(Br)cc1. The number of hydrogen-bond acceptors (Lipinski definition) is 1. The van der Waals surface area contributed by atoms with Crippen molar-refractivity contribution < 1.29 is 4.79 Å². The summed E-state index contributed by atoms with van der Waals surface area (Å²) >= 11 is 3.34. The van der Waals surface area contributed by atoms with E-state index in [1.165, 1.54) is 0 Å². The smallest absolute Gasteiger partial charge is 0.251 e. The number of nitrogens with zero attached hydrogens (tertiary/aromatic N) is 1. The maximum Gasteiger partial charge on any atom is 0.251 e. The summed E-state index contributed by atoms with van der Waals surface area (Å²) in [7, 11) is 0. The van der Waals surface area contributed by atoms with E-state index >= 15 is 0 Å². The fraction of sp³-hybridized carbons (Fsp3) is 0.154. The van der Waals surface area contributed by atoms with Crippen LogP contribution in [0.15, 0.2) is 53.3 Å². The molecule has 1 heterocycles. The number of carbonyl (C=O) groups excluding carboxylic acids is 1. The molecule has 88 valence electrons. The highest BCUT2D eigenvalue weighted by molar-refractivity contribution is 9.10. The summed E-state index contributed by atoms with van der Waals surface area (Å²) < 4.78 is 3.00. The van der Waals surface area contributed by atoms with Crippen LogP contribution in [0.2, 0.25) is 0 Å². The number of carbonyl (C=O) groups is 1. The Morgan fingerprint density at radius 2 is 1.82 bits per heavy atom. The topological polar surface area (TPSA) is 34.0 Å². The molecule has 1 aromatic heterocycles. The first kappa shape index (κ1) is 11.9. The molecular formula is C13H13BrN2O. The molecule has 0 atom stereocenters. The van der Waals surface area contributed by atoms with Gasteiger partial charge in [-0.3, -0.25) is 4.79 Å². The largest absolute Gasteiger partial charge is 0.353 e. The molecule has 0 bridgehead atoms. The molecule has 0 unspecified atom stereocenters. The highest BCUT2D eigenvalue weighted by Crippen LogP contribution is 2.10. The van der Waals surface area contributed by atoms with Crippen LogP contribution in [0.4, 0.5) is 0 Å². The van der Waals surface area contributed by atoms with Gasteiger partial charge in [0.25, 0.3) is 5.91 Å². The van der Waals surface area contributed by atoms with Crippen molar-refractivity contribution in [2.24, 2.45) is 0 Å². The minimum Gasteiger partial charge on any atom is -0.353 e. The molecule has 0 aliphatic carbocycles. The van der Waals surface area contributed by atoms with Crippen molar-refractivity contribution in [3.63, 3.8) is 0 Å². The quantitative estimate of drug-likeness (QED) is 0.924. The predicted molar refractivity (Wildman–Crippen MR) is 70.9 cm³/mol. The monoisotopic (exact) mass is 292 g/mol. The zero-order chi connectivity index (χ0) is 12.1. The summed E-state index contributed by atoms with van der Waals surface area (Å²) in [5.41, 5.74) is 0.681. The van der Waals surface area contributed by atoms with E-state index < -0.39 is 0 Å². The molecule has 1 amide bonds. The van der Waals surface area contributed by atoms with Crippen LogP contribution in [0.1, 0.15) is 10.4 Å². The molecule has 0 saturated carbocycles. The summed E-state index contributed by atoms with van der Waals surface area (Å²) in [6.45, 7) is 1.42. The van der Waals surface area contributed by atoms with Crippen molar-refractivity contribution in [2.45, 2.75) is 6.54 Å². The van der Waals surface area contributed by atoms with Gasteiger partial charge in [-0.2, -0.15) is 0 Å². The van der Waals surface area contributed by atoms with Gasteiger partial charge in [0, 0.05) is 35.5 Å². The average molecular weight is 293 g/mol. The van der Waals surface area contributed by atoms with E-state index in [2.05, 4.69) is 21.2 Å². The lowest BCUT2D eigenvalue weighted by molar-refractivity contribution is 0.0952. The number of hydrogen-bond donors (Lipinski definition) is 1. The summed E-state index contributed by atoms with van der Waals surface area (Å²) in [6.07, 6.45) is 3.96. The molecule has 0 spiro atoms. The number of nitrogens with one attached hydrogen (secondary N) is 1. The maximum atomic E-state index is 11.7. The van der Waals surface area contributed by atoms with Gasteiger partial charge >= 0.3 is 0 Å². The number of rotatable bonds is 4. The Morgan fingerprint density at radius 3 is 2.47 bits per heavy atom. The maximum absolute atomic E-state index is 11.7. The van der Waals surface area contributed by atoms with Crippen molar-refractivity contribution in [3.8, 4) is 0 Å². The molecule has 0 fully saturated rings. The molecular weight excluding hydrogens is 280 g/mol. The van der Waals surface area contributed by atoms with E-state index in [4.69, 9.17) is 0 Å². The minimum absolute atomic E-state index is 0.0374. The van der Waals surface area contributed by atoms with Crippen LogP contribution in [-0.4, -0.2) is 17.0 Å². The predicted octanol–water partition coefficient (Wildman–Crippen LogP) is 2.68. The zero-order valence-corrected chi connectivity index (χ0v) is 10.9. The van der Waals surface area contributed by atoms with Crippen LogP contribution in [0, 0.1) is 0 Å². The normalized spacial score (nSPS) is 10.2. The van der Waals surface area contributed by atoms with Gasteiger partial charge in [0.2, 0.25) is 0 Å². The van der Waals surface area contributed by atoms with E-state index in [0.717, 1.165) is 11.0 Å². The fourth-order valence-electron chi connectivity index (χ4n) is 1.52. The van der Waals surface area contributed by atoms with Gasteiger partial charge in [0.15, 0.2) is 0 Å². The summed E-state index contributed by atoms with van der Waals surface area (Å²) in [5.74, 6) is -0.0374. The van der Waals surface area contributed by atoms with Gasteiger partial charge in [0.1, 0.15) is 0 Å². The molecule has 2 rings (SSSR count). The van der Waals surface area contributed by atoms with Crippen molar-refractivity contribution >= 4 is 21.8 Å². The summed E-state index contributed by atoms with van der Waals surface area (Å²) in [4.78, 5) is 11.7. The molecule has 1 aromatic carbocycles. The number of amides is 1. The van der Waals surface area contributed by atoms with Gasteiger partial charge in [0.05, 0.1) is 0 Å². The second-order valence-electron chi connectivity index (χ2n) is 3.68. The highest BCUT2D eigenvalue weighted by atomic mass is 79.9. The first-order valence-corrected chi connectivity index (χ1v) is 6.19. The molecule has 3 nitrogen and oxygen atoms in total. The van der Waals surface area contributed by atoms with Crippen LogP contribution in [0.5, 0.6) is 0 Å². The van der Waals surface area contributed by atoms with E-state index in [9.17, 15) is 4.79 Å². The van der Waals surface area contributed by atoms with Crippen molar-refractivity contribution in [1.29, 1.82) is 0 Å².